The van der Waals surface area contributed by atoms with Crippen LogP contribution in [0.2, 0.25) is 13.1 Å². The summed E-state index contributed by atoms with van der Waals surface area (Å²) in [7, 11) is 0. The van der Waals surface area contributed by atoms with Gasteiger partial charge in [0.15, 0.2) is 0 Å². The Hall–Kier alpha value is -1.64. The number of hydrogen-bond donors (Lipinski definition) is 0. The molecule has 0 fully saturated rings. The Morgan fingerprint density at radius 1 is 0.867 bits per heavy atom. The van der Waals surface area contributed by atoms with Gasteiger partial charge in [0, 0.05) is 5.82 Å². The largest absolute Gasteiger partial charge is 0.265 e. The van der Waals surface area contributed by atoms with Crippen LogP contribution in [-0.2, 0) is 23.3 Å². The third kappa shape index (κ3) is 6.43. The van der Waals surface area contributed by atoms with E-state index in [4.69, 9.17) is 0 Å². The van der Waals surface area contributed by atoms with Crippen molar-refractivity contribution in [3.8, 4) is 11.1 Å². The zero-order valence-electron chi connectivity index (χ0n) is 18.5. The molecule has 0 radical (unpaired) electrons. The summed E-state index contributed by atoms with van der Waals surface area (Å²) in [6.07, 6.45) is 0. The molecular weight excluding hydrogens is 470 g/mol. The van der Waals surface area contributed by atoms with E-state index < -0.39 is 11.6 Å². The van der Waals surface area contributed by atoms with Crippen molar-refractivity contribution in [1.29, 1.82) is 0 Å². The summed E-state index contributed by atoms with van der Waals surface area (Å²) >= 11 is 1.74. The second kappa shape index (κ2) is 11.1. The number of rotatable bonds is 1. The van der Waals surface area contributed by atoms with Crippen molar-refractivity contribution in [2.45, 2.75) is 40.8 Å². The van der Waals surface area contributed by atoms with Crippen LogP contribution in [0.4, 0.5) is 8.78 Å². The topological polar surface area (TPSA) is 0 Å². The van der Waals surface area contributed by atoms with Crippen molar-refractivity contribution >= 4 is 16.2 Å². The number of fused-ring (bicyclic) bond motifs is 1. The summed E-state index contributed by atoms with van der Waals surface area (Å²) < 4.78 is 26.8. The molecule has 0 aliphatic heterocycles. The molecule has 4 aromatic carbocycles. The summed E-state index contributed by atoms with van der Waals surface area (Å²) in [6.45, 7) is 13.3. The molecular formula is C26H28F2SiZr. The Morgan fingerprint density at radius 2 is 1.40 bits per heavy atom. The van der Waals surface area contributed by atoms with Crippen LogP contribution < -0.4 is 0 Å². The van der Waals surface area contributed by atoms with Gasteiger partial charge in [-0.3, -0.25) is 4.39 Å². The maximum absolute atomic E-state index is 13.5. The predicted octanol–water partition coefficient (Wildman–Crippen LogP) is 7.93. The van der Waals surface area contributed by atoms with Crippen LogP contribution in [-0.4, -0.2) is 5.43 Å². The molecule has 0 aromatic heterocycles. The Labute approximate surface area is 194 Å². The molecule has 30 heavy (non-hydrogen) atoms. The fourth-order valence-corrected chi connectivity index (χ4v) is 3.24. The molecule has 4 aromatic rings. The summed E-state index contributed by atoms with van der Waals surface area (Å²) in [5.74, 6) is -1.06. The van der Waals surface area contributed by atoms with Gasteiger partial charge in [-0.25, -0.2) is 4.39 Å². The minimum Gasteiger partial charge on any atom is -0.265 e. The minimum atomic E-state index is -0.543. The maximum atomic E-state index is 13.5. The van der Waals surface area contributed by atoms with E-state index in [0.717, 1.165) is 17.2 Å². The Balaban J connectivity index is 0.000000207. The Kier molecular flexibility index (Phi) is 9.12. The zero-order valence-corrected chi connectivity index (χ0v) is 22.0. The fraction of sp³-hybridized carbons (Fsp3) is 0.231. The standard InChI is InChI=1S/C15H9F2.C9H13.C2H6Si.Zr/c16-11-8-14-12(10-4-2-1-3-5-10)6-7-13(14)15(17)9-11;1-6-5-7(2)9(4)8(6)3;1-3-2;/h1-9H;5H,1-4H3;1-2H3;/q2*-1;;+2. The molecule has 4 heteroatoms. The molecule has 0 aliphatic carbocycles. The molecule has 0 bridgehead atoms. The summed E-state index contributed by atoms with van der Waals surface area (Å²) in [5.41, 5.74) is 7.78. The van der Waals surface area contributed by atoms with Crippen LogP contribution in [0.1, 0.15) is 22.3 Å². The maximum Gasteiger partial charge on any atom is 0.107 e. The first-order chi connectivity index (χ1) is 14.1. The third-order valence-corrected chi connectivity index (χ3v) is 5.06. The van der Waals surface area contributed by atoms with E-state index in [1.807, 2.05) is 36.4 Å². The van der Waals surface area contributed by atoms with Gasteiger partial charge in [-0.15, -0.1) is 28.5 Å². The van der Waals surface area contributed by atoms with E-state index in [0.29, 0.717) is 10.8 Å². The fourth-order valence-electron chi connectivity index (χ4n) is 3.24. The second-order valence-corrected chi connectivity index (χ2v) is 17.1. The predicted molar refractivity (Wildman–Crippen MR) is 123 cm³/mol. The van der Waals surface area contributed by atoms with E-state index in [2.05, 4.69) is 46.9 Å². The van der Waals surface area contributed by atoms with Gasteiger partial charge in [0.1, 0.15) is 5.82 Å². The average Bonchev–Trinajstić information content (AvgIpc) is 3.20. The normalized spacial score (nSPS) is 10.2. The van der Waals surface area contributed by atoms with E-state index in [1.165, 1.54) is 28.3 Å². The van der Waals surface area contributed by atoms with Gasteiger partial charge >= 0.3 is 41.9 Å². The van der Waals surface area contributed by atoms with Crippen molar-refractivity contribution in [2.75, 3.05) is 0 Å². The molecule has 0 saturated heterocycles. The molecule has 0 atom stereocenters. The molecule has 0 N–H and O–H groups in total. The van der Waals surface area contributed by atoms with Crippen LogP contribution in [0.15, 0.2) is 60.7 Å². The Morgan fingerprint density at radius 3 is 1.87 bits per heavy atom. The van der Waals surface area contributed by atoms with Gasteiger partial charge in [0.25, 0.3) is 0 Å². The van der Waals surface area contributed by atoms with E-state index in [1.54, 1.807) is 29.4 Å². The van der Waals surface area contributed by atoms with Gasteiger partial charge in [0.2, 0.25) is 0 Å². The van der Waals surface area contributed by atoms with E-state index >= 15 is 0 Å². The van der Waals surface area contributed by atoms with Crippen LogP contribution in [0.5, 0.6) is 0 Å². The van der Waals surface area contributed by atoms with Crippen molar-refractivity contribution in [3.05, 3.63) is 94.6 Å². The van der Waals surface area contributed by atoms with Crippen LogP contribution >= 0.6 is 0 Å². The monoisotopic (exact) mass is 496 g/mol. The summed E-state index contributed by atoms with van der Waals surface area (Å²) in [6, 6.07) is 17.6. The summed E-state index contributed by atoms with van der Waals surface area (Å²) in [4.78, 5) is 0. The second-order valence-electron chi connectivity index (χ2n) is 7.72. The molecule has 4 rings (SSSR count). The quantitative estimate of drug-likeness (QED) is 0.185. The number of halogens is 2. The van der Waals surface area contributed by atoms with Gasteiger partial charge in [-0.1, -0.05) is 69.7 Å². The van der Waals surface area contributed by atoms with Crippen LogP contribution in [0.25, 0.3) is 21.9 Å². The third-order valence-electron chi connectivity index (χ3n) is 5.06. The van der Waals surface area contributed by atoms with Crippen molar-refractivity contribution in [2.24, 2.45) is 0 Å². The van der Waals surface area contributed by atoms with Gasteiger partial charge < -0.3 is 0 Å². The Bertz CT molecular complexity index is 1110. The van der Waals surface area contributed by atoms with Gasteiger partial charge in [0.05, 0.1) is 0 Å². The first kappa shape index (κ1) is 24.6. The smallest absolute Gasteiger partial charge is 0.107 e. The first-order valence-electron chi connectivity index (χ1n) is 9.93. The molecule has 0 aliphatic rings. The molecule has 0 unspecified atom stereocenters. The van der Waals surface area contributed by atoms with Gasteiger partial charge in [-0.05, 0) is 6.07 Å². The molecule has 0 nitrogen and oxygen atoms in total. The molecule has 0 amide bonds. The van der Waals surface area contributed by atoms with Gasteiger partial charge in [-0.2, -0.15) is 28.3 Å². The van der Waals surface area contributed by atoms with Crippen molar-refractivity contribution < 1.29 is 32.1 Å². The average molecular weight is 498 g/mol. The van der Waals surface area contributed by atoms with Crippen molar-refractivity contribution in [3.63, 3.8) is 0 Å². The minimum absolute atomic E-state index is 0.210. The number of aryl methyl sites for hydroxylation is 2. The zero-order chi connectivity index (χ0) is 22.4. The number of benzene rings is 2. The molecule has 0 saturated carbocycles. The molecule has 0 spiro atoms. The number of hydrogen-bond acceptors (Lipinski definition) is 0. The van der Waals surface area contributed by atoms with Crippen LogP contribution in [0.3, 0.4) is 0 Å². The molecule has 154 valence electrons. The summed E-state index contributed by atoms with van der Waals surface area (Å²) in [5, 5.41) is 1.08. The van der Waals surface area contributed by atoms with Crippen molar-refractivity contribution in [1.82, 2.24) is 0 Å². The molecule has 0 heterocycles. The first-order valence-corrected chi connectivity index (χ1v) is 16.1. The van der Waals surface area contributed by atoms with E-state index in [9.17, 15) is 8.78 Å². The van der Waals surface area contributed by atoms with Crippen LogP contribution in [0, 0.1) is 39.3 Å². The SMILES string of the molecule is C[Si](C)=[Zr+2].Cc1[cH-]c(C)c(C)c1C.Fc1cc(F)c2[cH-]cc(-c3ccccc3)c2c1. The van der Waals surface area contributed by atoms with E-state index in [-0.39, 0.29) is 5.43 Å².